The van der Waals surface area contributed by atoms with Crippen molar-refractivity contribution in [3.63, 3.8) is 0 Å². The summed E-state index contributed by atoms with van der Waals surface area (Å²) >= 11 is 14.0. The van der Waals surface area contributed by atoms with Crippen molar-refractivity contribution in [2.45, 2.75) is 6.92 Å². The lowest BCUT2D eigenvalue weighted by Gasteiger charge is -2.01. The van der Waals surface area contributed by atoms with Crippen LogP contribution in [0.1, 0.15) is 27.0 Å². The van der Waals surface area contributed by atoms with Gasteiger partial charge in [-0.1, -0.05) is 64.9 Å². The van der Waals surface area contributed by atoms with Crippen LogP contribution in [0.5, 0.6) is 0 Å². The Hall–Kier alpha value is -1.93. The van der Waals surface area contributed by atoms with Gasteiger partial charge in [0.1, 0.15) is 9.21 Å². The smallest absolute Gasteiger partial charge is 0.350 e. The molecule has 1 N–H and O–H groups in total. The lowest BCUT2D eigenvalue weighted by Crippen LogP contribution is -2.11. The molecule has 5 nitrogen and oxygen atoms in total. The second-order valence-corrected chi connectivity index (χ2v) is 8.26. The minimum absolute atomic E-state index is 0.246. The second-order valence-electron chi connectivity index (χ2n) is 4.98. The molecule has 0 saturated carbocycles. The number of carbonyl (C=O) groups excluding carboxylic acids is 2. The van der Waals surface area contributed by atoms with Crippen LogP contribution >= 0.6 is 45.9 Å². The Morgan fingerprint density at radius 2 is 1.92 bits per heavy atom. The topological polar surface area (TPSA) is 68.3 Å². The standard InChI is InChI=1S/C17H12Cl2N2O3S2/c1-2-24-16(23)13-12(9-6-4-3-5-7-9)20-17(26-13)21-15(22)10-8-11(18)25-14(10)19/h3-8H,2H2,1H3,(H,20,21,22). The van der Waals surface area contributed by atoms with E-state index >= 15 is 0 Å². The summed E-state index contributed by atoms with van der Waals surface area (Å²) in [5, 5.41) is 2.94. The van der Waals surface area contributed by atoms with Crippen LogP contribution in [0, 0.1) is 0 Å². The van der Waals surface area contributed by atoms with E-state index < -0.39 is 11.9 Å². The summed E-state index contributed by atoms with van der Waals surface area (Å²) in [6, 6.07) is 10.7. The Balaban J connectivity index is 1.94. The van der Waals surface area contributed by atoms with Crippen molar-refractivity contribution < 1.29 is 14.3 Å². The molecule has 9 heteroatoms. The number of anilines is 1. The summed E-state index contributed by atoms with van der Waals surface area (Å²) in [5.74, 6) is -0.928. The molecule has 0 atom stereocenters. The number of benzene rings is 1. The van der Waals surface area contributed by atoms with E-state index in [1.807, 2.05) is 30.3 Å². The molecule has 0 aliphatic rings. The fourth-order valence-electron chi connectivity index (χ4n) is 2.16. The third-order valence-electron chi connectivity index (χ3n) is 3.26. The van der Waals surface area contributed by atoms with Crippen molar-refractivity contribution in [2.75, 3.05) is 11.9 Å². The molecule has 2 aromatic heterocycles. The highest BCUT2D eigenvalue weighted by atomic mass is 35.5. The first kappa shape index (κ1) is 18.8. The fraction of sp³-hybridized carbons (Fsp3) is 0.118. The van der Waals surface area contributed by atoms with Crippen LogP contribution in [0.15, 0.2) is 36.4 Å². The van der Waals surface area contributed by atoms with E-state index in [0.29, 0.717) is 14.9 Å². The largest absolute Gasteiger partial charge is 0.462 e. The number of nitrogens with one attached hydrogen (secondary N) is 1. The Bertz CT molecular complexity index is 954. The van der Waals surface area contributed by atoms with Crippen LogP contribution in [-0.2, 0) is 4.74 Å². The Kier molecular flexibility index (Phi) is 5.93. The number of amides is 1. The van der Waals surface area contributed by atoms with E-state index in [1.54, 1.807) is 6.92 Å². The number of nitrogens with zero attached hydrogens (tertiary/aromatic N) is 1. The number of hydrogen-bond donors (Lipinski definition) is 1. The molecule has 26 heavy (non-hydrogen) atoms. The zero-order valence-electron chi connectivity index (χ0n) is 13.4. The average Bonchev–Trinajstić information content (AvgIpc) is 3.19. The first-order valence-corrected chi connectivity index (χ1v) is 9.88. The number of halogens is 2. The van der Waals surface area contributed by atoms with Gasteiger partial charge in [-0.15, -0.1) is 11.3 Å². The molecular weight excluding hydrogens is 415 g/mol. The fourth-order valence-corrected chi connectivity index (χ4v) is 4.49. The summed E-state index contributed by atoms with van der Waals surface area (Å²) < 4.78 is 5.80. The number of aromatic nitrogens is 1. The van der Waals surface area contributed by atoms with E-state index in [0.717, 1.165) is 28.2 Å². The molecule has 1 aromatic carbocycles. The number of hydrogen-bond acceptors (Lipinski definition) is 6. The zero-order valence-corrected chi connectivity index (χ0v) is 16.6. The van der Waals surface area contributed by atoms with Crippen LogP contribution < -0.4 is 5.32 Å². The minimum Gasteiger partial charge on any atom is -0.462 e. The first-order valence-electron chi connectivity index (χ1n) is 7.49. The van der Waals surface area contributed by atoms with E-state index in [1.165, 1.54) is 6.07 Å². The normalized spacial score (nSPS) is 10.6. The van der Waals surface area contributed by atoms with Crippen molar-refractivity contribution in [3.8, 4) is 11.3 Å². The number of thiazole rings is 1. The molecule has 0 unspecified atom stereocenters. The minimum atomic E-state index is -0.485. The number of esters is 1. The lowest BCUT2D eigenvalue weighted by molar-refractivity contribution is 0.0532. The number of thiophene rings is 1. The van der Waals surface area contributed by atoms with Crippen LogP contribution in [0.2, 0.25) is 8.67 Å². The van der Waals surface area contributed by atoms with E-state index in [-0.39, 0.29) is 21.6 Å². The van der Waals surface area contributed by atoms with Crippen molar-refractivity contribution in [1.82, 2.24) is 4.98 Å². The van der Waals surface area contributed by atoms with E-state index in [4.69, 9.17) is 27.9 Å². The highest BCUT2D eigenvalue weighted by Gasteiger charge is 2.22. The van der Waals surface area contributed by atoms with E-state index in [9.17, 15) is 9.59 Å². The number of ether oxygens (including phenoxy) is 1. The van der Waals surface area contributed by atoms with Gasteiger partial charge in [0.2, 0.25) is 0 Å². The summed E-state index contributed by atoms with van der Waals surface area (Å²) in [7, 11) is 0. The SMILES string of the molecule is CCOC(=O)c1sc(NC(=O)c2cc(Cl)sc2Cl)nc1-c1ccccc1. The molecule has 0 bridgehead atoms. The third-order valence-corrected chi connectivity index (χ3v) is 5.70. The van der Waals surface area contributed by atoms with Gasteiger partial charge in [0, 0.05) is 5.56 Å². The Morgan fingerprint density at radius 3 is 2.54 bits per heavy atom. The van der Waals surface area contributed by atoms with Gasteiger partial charge in [-0.3, -0.25) is 10.1 Å². The summed E-state index contributed by atoms with van der Waals surface area (Å²) in [4.78, 5) is 29.4. The van der Waals surface area contributed by atoms with Crippen LogP contribution in [-0.4, -0.2) is 23.5 Å². The van der Waals surface area contributed by atoms with Gasteiger partial charge in [-0.2, -0.15) is 0 Å². The molecule has 3 rings (SSSR count). The molecule has 0 aliphatic carbocycles. The zero-order chi connectivity index (χ0) is 18.7. The first-order chi connectivity index (χ1) is 12.5. The quantitative estimate of drug-likeness (QED) is 0.538. The lowest BCUT2D eigenvalue weighted by atomic mass is 10.1. The number of carbonyl (C=O) groups is 2. The third kappa shape index (κ3) is 4.07. The molecule has 1 amide bonds. The predicted octanol–water partition coefficient (Wildman–Crippen LogP) is 5.61. The van der Waals surface area contributed by atoms with Gasteiger partial charge in [-0.25, -0.2) is 9.78 Å². The molecule has 0 saturated heterocycles. The Labute approximate surface area is 167 Å². The van der Waals surface area contributed by atoms with Gasteiger partial charge >= 0.3 is 5.97 Å². The molecule has 2 heterocycles. The van der Waals surface area contributed by atoms with Gasteiger partial charge in [0.05, 0.1) is 22.2 Å². The summed E-state index contributed by atoms with van der Waals surface area (Å²) in [6.45, 7) is 1.97. The second kappa shape index (κ2) is 8.18. The maximum atomic E-state index is 12.4. The molecule has 0 spiro atoms. The average molecular weight is 427 g/mol. The maximum Gasteiger partial charge on any atom is 0.350 e. The predicted molar refractivity (Wildman–Crippen MR) is 106 cm³/mol. The van der Waals surface area contributed by atoms with Crippen LogP contribution in [0.25, 0.3) is 11.3 Å². The van der Waals surface area contributed by atoms with Crippen LogP contribution in [0.3, 0.4) is 0 Å². The maximum absolute atomic E-state index is 12.4. The summed E-state index contributed by atoms with van der Waals surface area (Å²) in [5.41, 5.74) is 1.47. The monoisotopic (exact) mass is 426 g/mol. The van der Waals surface area contributed by atoms with Crippen molar-refractivity contribution in [1.29, 1.82) is 0 Å². The van der Waals surface area contributed by atoms with Crippen molar-refractivity contribution in [3.05, 3.63) is 55.5 Å². The highest BCUT2D eigenvalue weighted by Crippen LogP contribution is 2.34. The van der Waals surface area contributed by atoms with Gasteiger partial charge in [-0.05, 0) is 13.0 Å². The summed E-state index contributed by atoms with van der Waals surface area (Å²) in [6.07, 6.45) is 0. The number of rotatable bonds is 5. The molecular formula is C17H12Cl2N2O3S2. The highest BCUT2D eigenvalue weighted by molar-refractivity contribution is 7.20. The van der Waals surface area contributed by atoms with Crippen LogP contribution in [0.4, 0.5) is 5.13 Å². The molecule has 3 aromatic rings. The molecule has 134 valence electrons. The van der Waals surface area contributed by atoms with Crippen molar-refractivity contribution >= 4 is 62.9 Å². The van der Waals surface area contributed by atoms with Crippen molar-refractivity contribution in [2.24, 2.45) is 0 Å². The van der Waals surface area contributed by atoms with Gasteiger partial charge < -0.3 is 4.74 Å². The molecule has 0 radical (unpaired) electrons. The van der Waals surface area contributed by atoms with Gasteiger partial charge in [0.25, 0.3) is 5.91 Å². The Morgan fingerprint density at radius 1 is 1.19 bits per heavy atom. The molecule has 0 fully saturated rings. The van der Waals surface area contributed by atoms with Gasteiger partial charge in [0.15, 0.2) is 5.13 Å². The molecule has 0 aliphatic heterocycles. The van der Waals surface area contributed by atoms with E-state index in [2.05, 4.69) is 10.3 Å².